The Balaban J connectivity index is 1.66. The molecule has 37 heavy (non-hydrogen) atoms. The number of aliphatic hydroxyl groups is 1. The van der Waals surface area contributed by atoms with Crippen molar-refractivity contribution >= 4 is 0 Å². The summed E-state index contributed by atoms with van der Waals surface area (Å²) in [5.74, 6) is 2.01. The molecule has 1 aliphatic heterocycles. The molecule has 2 aromatic carbocycles. The van der Waals surface area contributed by atoms with Crippen LogP contribution in [-0.2, 0) is 23.1 Å². The van der Waals surface area contributed by atoms with E-state index in [1.54, 1.807) is 17.9 Å². The van der Waals surface area contributed by atoms with Gasteiger partial charge in [0, 0.05) is 44.9 Å². The smallest absolute Gasteiger partial charge is 0.222 e. The van der Waals surface area contributed by atoms with E-state index in [0.29, 0.717) is 43.6 Å². The lowest BCUT2D eigenvalue weighted by Gasteiger charge is -2.27. The number of rotatable bonds is 14. The molecule has 0 radical (unpaired) electrons. The van der Waals surface area contributed by atoms with E-state index >= 15 is 0 Å². The quantitative estimate of drug-likeness (QED) is 0.255. The van der Waals surface area contributed by atoms with Gasteiger partial charge < -0.3 is 24.1 Å². The highest BCUT2D eigenvalue weighted by molar-refractivity contribution is 5.65. The molecular formula is C29H37N3O5. The van der Waals surface area contributed by atoms with E-state index in [4.69, 9.17) is 24.0 Å². The minimum atomic E-state index is -0.652. The molecule has 1 saturated heterocycles. The zero-order chi connectivity index (χ0) is 26.0. The summed E-state index contributed by atoms with van der Waals surface area (Å²) in [5, 5.41) is 15.6. The monoisotopic (exact) mass is 507 g/mol. The Morgan fingerprint density at radius 3 is 2.76 bits per heavy atom. The lowest BCUT2D eigenvalue weighted by molar-refractivity contribution is 0.00844. The summed E-state index contributed by atoms with van der Waals surface area (Å²) in [6.45, 7) is 6.74. The maximum absolute atomic E-state index is 10.7. The van der Waals surface area contributed by atoms with Crippen LogP contribution in [0.25, 0.3) is 11.3 Å². The van der Waals surface area contributed by atoms with E-state index < -0.39 is 6.10 Å². The summed E-state index contributed by atoms with van der Waals surface area (Å²) in [7, 11) is 3.52. The molecule has 198 valence electrons. The van der Waals surface area contributed by atoms with Gasteiger partial charge in [-0.2, -0.15) is 5.10 Å². The van der Waals surface area contributed by atoms with Crippen molar-refractivity contribution in [1.29, 1.82) is 0 Å². The van der Waals surface area contributed by atoms with Gasteiger partial charge in [0.2, 0.25) is 5.88 Å². The molecule has 2 heterocycles. The Bertz CT molecular complexity index is 1130. The van der Waals surface area contributed by atoms with Crippen molar-refractivity contribution in [3.05, 3.63) is 72.8 Å². The van der Waals surface area contributed by atoms with Crippen LogP contribution in [0.5, 0.6) is 17.4 Å². The van der Waals surface area contributed by atoms with Gasteiger partial charge in [-0.05, 0) is 25.0 Å². The zero-order valence-corrected chi connectivity index (χ0v) is 21.7. The van der Waals surface area contributed by atoms with Crippen molar-refractivity contribution in [2.24, 2.45) is 7.05 Å². The molecule has 2 atom stereocenters. The first kappa shape index (κ1) is 26.9. The van der Waals surface area contributed by atoms with Crippen LogP contribution in [0.3, 0.4) is 0 Å². The van der Waals surface area contributed by atoms with Crippen LogP contribution in [0, 0.1) is 0 Å². The average Bonchev–Trinajstić information content (AvgIpc) is 3.53. The summed E-state index contributed by atoms with van der Waals surface area (Å²) in [6.07, 6.45) is 3.21. The SMILES string of the molecule is C=CCOCC(O)CN(Cc1c(-c2ccccc2)nn(C)c1Oc1cccc(OC)c1)CC1CCCO1. The highest BCUT2D eigenvalue weighted by Crippen LogP contribution is 2.35. The second-order valence-electron chi connectivity index (χ2n) is 9.21. The highest BCUT2D eigenvalue weighted by atomic mass is 16.5. The van der Waals surface area contributed by atoms with Crippen molar-refractivity contribution in [1.82, 2.24) is 14.7 Å². The summed E-state index contributed by atoms with van der Waals surface area (Å²) < 4.78 is 25.0. The van der Waals surface area contributed by atoms with Crippen molar-refractivity contribution in [2.75, 3.05) is 40.0 Å². The molecular weight excluding hydrogens is 470 g/mol. The maximum atomic E-state index is 10.7. The maximum Gasteiger partial charge on any atom is 0.222 e. The van der Waals surface area contributed by atoms with Crippen molar-refractivity contribution in [3.8, 4) is 28.6 Å². The van der Waals surface area contributed by atoms with Crippen LogP contribution in [0.2, 0.25) is 0 Å². The molecule has 0 saturated carbocycles. The second-order valence-corrected chi connectivity index (χ2v) is 9.21. The van der Waals surface area contributed by atoms with Crippen LogP contribution in [-0.4, -0.2) is 72.0 Å². The fraction of sp³-hybridized carbons (Fsp3) is 0.414. The van der Waals surface area contributed by atoms with Gasteiger partial charge in [-0.25, -0.2) is 4.68 Å². The Hall–Kier alpha value is -3.17. The number of nitrogens with zero attached hydrogens (tertiary/aromatic N) is 3. The van der Waals surface area contributed by atoms with E-state index in [0.717, 1.165) is 36.3 Å². The van der Waals surface area contributed by atoms with Gasteiger partial charge >= 0.3 is 0 Å². The third-order valence-corrected chi connectivity index (χ3v) is 6.27. The molecule has 1 aliphatic rings. The molecule has 1 fully saturated rings. The number of aryl methyl sites for hydroxylation is 1. The highest BCUT2D eigenvalue weighted by Gasteiger charge is 2.26. The third-order valence-electron chi connectivity index (χ3n) is 6.27. The van der Waals surface area contributed by atoms with Gasteiger partial charge in [-0.15, -0.1) is 6.58 Å². The number of methoxy groups -OCH3 is 1. The first-order valence-corrected chi connectivity index (χ1v) is 12.7. The first-order valence-electron chi connectivity index (χ1n) is 12.7. The minimum Gasteiger partial charge on any atom is -0.497 e. The predicted molar refractivity (Wildman–Crippen MR) is 143 cm³/mol. The zero-order valence-electron chi connectivity index (χ0n) is 21.7. The van der Waals surface area contributed by atoms with Gasteiger partial charge in [0.15, 0.2) is 0 Å². The third kappa shape index (κ3) is 7.42. The molecule has 3 aromatic rings. The molecule has 2 unspecified atom stereocenters. The van der Waals surface area contributed by atoms with Gasteiger partial charge in [0.1, 0.15) is 17.2 Å². The van der Waals surface area contributed by atoms with Crippen LogP contribution in [0.15, 0.2) is 67.3 Å². The number of aliphatic hydroxyl groups excluding tert-OH is 1. The predicted octanol–water partition coefficient (Wildman–Crippen LogP) is 4.43. The Morgan fingerprint density at radius 2 is 2.03 bits per heavy atom. The van der Waals surface area contributed by atoms with Crippen molar-refractivity contribution in [3.63, 3.8) is 0 Å². The van der Waals surface area contributed by atoms with E-state index in [-0.39, 0.29) is 12.7 Å². The fourth-order valence-electron chi connectivity index (χ4n) is 4.57. The van der Waals surface area contributed by atoms with E-state index in [1.807, 2.05) is 61.6 Å². The molecule has 0 bridgehead atoms. The summed E-state index contributed by atoms with van der Waals surface area (Å²) in [5.41, 5.74) is 2.78. The number of ether oxygens (including phenoxy) is 4. The van der Waals surface area contributed by atoms with E-state index in [1.165, 1.54) is 0 Å². The normalized spacial score (nSPS) is 16.2. The second kappa shape index (κ2) is 13.4. The molecule has 1 aromatic heterocycles. The molecule has 0 amide bonds. The van der Waals surface area contributed by atoms with Gasteiger partial charge in [0.05, 0.1) is 38.1 Å². The van der Waals surface area contributed by atoms with Crippen molar-refractivity contribution < 1.29 is 24.1 Å². The van der Waals surface area contributed by atoms with E-state index in [2.05, 4.69) is 11.5 Å². The molecule has 0 spiro atoms. The molecule has 8 heteroatoms. The van der Waals surface area contributed by atoms with E-state index in [9.17, 15) is 5.11 Å². The molecule has 1 N–H and O–H groups in total. The van der Waals surface area contributed by atoms with Crippen molar-refractivity contribution in [2.45, 2.75) is 31.6 Å². The van der Waals surface area contributed by atoms with Crippen LogP contribution in [0.4, 0.5) is 0 Å². The first-order chi connectivity index (χ1) is 18.1. The number of benzene rings is 2. The van der Waals surface area contributed by atoms with Crippen LogP contribution < -0.4 is 9.47 Å². The Morgan fingerprint density at radius 1 is 1.22 bits per heavy atom. The van der Waals surface area contributed by atoms with Crippen LogP contribution >= 0.6 is 0 Å². The van der Waals surface area contributed by atoms with Gasteiger partial charge in [-0.1, -0.05) is 42.5 Å². The number of aromatic nitrogens is 2. The number of hydrogen-bond donors (Lipinski definition) is 1. The molecule has 0 aliphatic carbocycles. The Kier molecular flexibility index (Phi) is 9.73. The number of hydrogen-bond acceptors (Lipinski definition) is 7. The minimum absolute atomic E-state index is 0.126. The summed E-state index contributed by atoms with van der Waals surface area (Å²) >= 11 is 0. The largest absolute Gasteiger partial charge is 0.497 e. The lowest BCUT2D eigenvalue weighted by Crippen LogP contribution is -2.39. The van der Waals surface area contributed by atoms with Gasteiger partial charge in [0.25, 0.3) is 0 Å². The fourth-order valence-corrected chi connectivity index (χ4v) is 4.57. The molecule has 8 nitrogen and oxygen atoms in total. The van der Waals surface area contributed by atoms with Gasteiger partial charge in [-0.3, -0.25) is 4.90 Å². The van der Waals surface area contributed by atoms with Crippen LogP contribution in [0.1, 0.15) is 18.4 Å². The average molecular weight is 508 g/mol. The lowest BCUT2D eigenvalue weighted by atomic mass is 10.1. The Labute approximate surface area is 219 Å². The summed E-state index contributed by atoms with van der Waals surface area (Å²) in [4.78, 5) is 2.21. The topological polar surface area (TPSA) is 78.2 Å². The molecule has 4 rings (SSSR count). The summed E-state index contributed by atoms with van der Waals surface area (Å²) in [6, 6.07) is 17.6. The standard InChI is InChI=1S/C29H37N3O5/c1-4-15-35-21-23(33)18-32(19-26-14-9-16-36-26)20-27-28(22-10-6-5-7-11-22)30-31(2)29(27)37-25-13-8-12-24(17-25)34-3/h4-8,10-13,17,23,26,33H,1,9,14-16,18-21H2,2-3H3.